The summed E-state index contributed by atoms with van der Waals surface area (Å²) in [5, 5.41) is 0. The zero-order valence-corrected chi connectivity index (χ0v) is 9.72. The molecule has 4 heteroatoms. The van der Waals surface area contributed by atoms with E-state index in [1.165, 1.54) is 0 Å². The third kappa shape index (κ3) is 2.67. The topological polar surface area (TPSA) is 60.4 Å². The van der Waals surface area contributed by atoms with Crippen molar-refractivity contribution in [3.05, 3.63) is 54.0 Å². The minimum absolute atomic E-state index is 0.0303. The van der Waals surface area contributed by atoms with Crippen LogP contribution in [0.2, 0.25) is 0 Å². The summed E-state index contributed by atoms with van der Waals surface area (Å²) < 4.78 is 10.6. The van der Waals surface area contributed by atoms with Crippen LogP contribution in [0, 0.1) is 0 Å². The van der Waals surface area contributed by atoms with Gasteiger partial charge in [-0.1, -0.05) is 18.2 Å². The summed E-state index contributed by atoms with van der Waals surface area (Å²) in [6.45, 7) is 0. The molecule has 0 saturated heterocycles. The molecule has 0 spiro atoms. The van der Waals surface area contributed by atoms with Gasteiger partial charge in [0, 0.05) is 12.0 Å². The van der Waals surface area contributed by atoms with Crippen LogP contribution in [-0.4, -0.2) is 7.11 Å². The molecule has 2 aromatic rings. The van der Waals surface area contributed by atoms with Gasteiger partial charge in [-0.05, 0) is 18.2 Å². The maximum absolute atomic E-state index is 5.60. The van der Waals surface area contributed by atoms with Crippen molar-refractivity contribution in [2.45, 2.75) is 12.5 Å². The lowest BCUT2D eigenvalue weighted by atomic mass is 10.0. The molecule has 4 nitrogen and oxygen atoms in total. The Bertz CT molecular complexity index is 454. The van der Waals surface area contributed by atoms with Crippen molar-refractivity contribution < 1.29 is 9.15 Å². The number of rotatable bonds is 5. The molecule has 1 atom stereocenters. The number of hydrogen-bond acceptors (Lipinski definition) is 4. The van der Waals surface area contributed by atoms with Crippen LogP contribution in [0.15, 0.2) is 47.1 Å². The van der Waals surface area contributed by atoms with Crippen LogP contribution >= 0.6 is 0 Å². The number of nitrogens with one attached hydrogen (secondary N) is 1. The monoisotopic (exact) mass is 232 g/mol. The molecule has 1 unspecified atom stereocenters. The number of furan rings is 1. The fraction of sp³-hybridized carbons (Fsp3) is 0.231. The van der Waals surface area contributed by atoms with E-state index in [1.54, 1.807) is 13.4 Å². The Hall–Kier alpha value is -1.78. The van der Waals surface area contributed by atoms with E-state index < -0.39 is 0 Å². The molecular weight excluding hydrogens is 216 g/mol. The molecule has 1 aromatic carbocycles. The van der Waals surface area contributed by atoms with Crippen LogP contribution in [0.4, 0.5) is 0 Å². The Labute approximate surface area is 100 Å². The quantitative estimate of drug-likeness (QED) is 0.611. The molecule has 3 N–H and O–H groups in total. The molecule has 0 aliphatic heterocycles. The van der Waals surface area contributed by atoms with Gasteiger partial charge in [0.1, 0.15) is 11.5 Å². The molecular formula is C13H16N2O2. The fourth-order valence-electron chi connectivity index (χ4n) is 1.84. The predicted octanol–water partition coefficient (Wildman–Crippen LogP) is 2.04. The van der Waals surface area contributed by atoms with Crippen LogP contribution < -0.4 is 16.0 Å². The zero-order chi connectivity index (χ0) is 12.1. The van der Waals surface area contributed by atoms with Gasteiger partial charge in [-0.25, -0.2) is 0 Å². The number of methoxy groups -OCH3 is 1. The van der Waals surface area contributed by atoms with E-state index in [-0.39, 0.29) is 6.04 Å². The van der Waals surface area contributed by atoms with E-state index in [0.717, 1.165) is 17.1 Å². The lowest BCUT2D eigenvalue weighted by molar-refractivity contribution is 0.393. The summed E-state index contributed by atoms with van der Waals surface area (Å²) in [6.07, 6.45) is 2.34. The van der Waals surface area contributed by atoms with E-state index >= 15 is 0 Å². The largest absolute Gasteiger partial charge is 0.496 e. The third-order valence-corrected chi connectivity index (χ3v) is 2.70. The van der Waals surface area contributed by atoms with Crippen molar-refractivity contribution in [3.8, 4) is 5.75 Å². The maximum atomic E-state index is 5.60. The first-order valence-corrected chi connectivity index (χ1v) is 5.46. The van der Waals surface area contributed by atoms with Gasteiger partial charge < -0.3 is 9.15 Å². The SMILES string of the molecule is COc1ccccc1C(Cc1ccco1)NN. The van der Waals surface area contributed by atoms with Crippen molar-refractivity contribution in [1.82, 2.24) is 5.43 Å². The summed E-state index contributed by atoms with van der Waals surface area (Å²) in [4.78, 5) is 0. The summed E-state index contributed by atoms with van der Waals surface area (Å²) in [6, 6.07) is 11.6. The van der Waals surface area contributed by atoms with Crippen LogP contribution in [0.1, 0.15) is 17.4 Å². The van der Waals surface area contributed by atoms with Gasteiger partial charge in [-0.2, -0.15) is 0 Å². The van der Waals surface area contributed by atoms with Crippen molar-refractivity contribution in [2.24, 2.45) is 5.84 Å². The Morgan fingerprint density at radius 2 is 2.12 bits per heavy atom. The maximum Gasteiger partial charge on any atom is 0.123 e. The van der Waals surface area contributed by atoms with Gasteiger partial charge in [-0.3, -0.25) is 11.3 Å². The highest BCUT2D eigenvalue weighted by Gasteiger charge is 2.15. The number of nitrogens with two attached hydrogens (primary N) is 1. The highest BCUT2D eigenvalue weighted by molar-refractivity contribution is 5.36. The number of para-hydroxylation sites is 1. The van der Waals surface area contributed by atoms with Crippen LogP contribution in [0.3, 0.4) is 0 Å². The van der Waals surface area contributed by atoms with Crippen LogP contribution in [0.5, 0.6) is 5.75 Å². The molecule has 0 saturated carbocycles. The fourth-order valence-corrected chi connectivity index (χ4v) is 1.84. The first-order valence-electron chi connectivity index (χ1n) is 5.46. The number of hydrazine groups is 1. The van der Waals surface area contributed by atoms with Gasteiger partial charge in [0.05, 0.1) is 19.4 Å². The van der Waals surface area contributed by atoms with Crippen LogP contribution in [-0.2, 0) is 6.42 Å². The van der Waals surface area contributed by atoms with Crippen molar-refractivity contribution >= 4 is 0 Å². The van der Waals surface area contributed by atoms with Crippen molar-refractivity contribution in [1.29, 1.82) is 0 Å². The molecule has 0 fully saturated rings. The van der Waals surface area contributed by atoms with Gasteiger partial charge in [0.2, 0.25) is 0 Å². The molecule has 90 valence electrons. The molecule has 1 heterocycles. The third-order valence-electron chi connectivity index (χ3n) is 2.70. The molecule has 17 heavy (non-hydrogen) atoms. The number of benzene rings is 1. The number of hydrogen-bond donors (Lipinski definition) is 2. The molecule has 0 aliphatic rings. The lowest BCUT2D eigenvalue weighted by Crippen LogP contribution is -2.29. The van der Waals surface area contributed by atoms with Gasteiger partial charge in [0.25, 0.3) is 0 Å². The Kier molecular flexibility index (Phi) is 3.80. The molecule has 0 radical (unpaired) electrons. The normalized spacial score (nSPS) is 12.4. The van der Waals surface area contributed by atoms with E-state index in [9.17, 15) is 0 Å². The minimum atomic E-state index is -0.0303. The summed E-state index contributed by atoms with van der Waals surface area (Å²) >= 11 is 0. The standard InChI is InChI=1S/C13H16N2O2/c1-16-13-7-3-2-6-11(13)12(15-14)9-10-5-4-8-17-10/h2-8,12,15H,9,14H2,1H3. The van der Waals surface area contributed by atoms with Gasteiger partial charge >= 0.3 is 0 Å². The van der Waals surface area contributed by atoms with Crippen molar-refractivity contribution in [3.63, 3.8) is 0 Å². The number of ether oxygens (including phenoxy) is 1. The van der Waals surface area contributed by atoms with E-state index in [0.29, 0.717) is 6.42 Å². The summed E-state index contributed by atoms with van der Waals surface area (Å²) in [5.41, 5.74) is 3.81. The molecule has 0 amide bonds. The molecule has 2 rings (SSSR count). The summed E-state index contributed by atoms with van der Waals surface area (Å²) in [5.74, 6) is 7.31. The predicted molar refractivity (Wildman–Crippen MR) is 65.5 cm³/mol. The van der Waals surface area contributed by atoms with E-state index in [1.807, 2.05) is 36.4 Å². The van der Waals surface area contributed by atoms with E-state index in [4.69, 9.17) is 15.0 Å². The minimum Gasteiger partial charge on any atom is -0.496 e. The Morgan fingerprint density at radius 1 is 1.29 bits per heavy atom. The van der Waals surface area contributed by atoms with Crippen molar-refractivity contribution in [2.75, 3.05) is 7.11 Å². The first-order chi connectivity index (χ1) is 8.35. The smallest absolute Gasteiger partial charge is 0.123 e. The lowest BCUT2D eigenvalue weighted by Gasteiger charge is -2.17. The van der Waals surface area contributed by atoms with Crippen LogP contribution in [0.25, 0.3) is 0 Å². The average Bonchev–Trinajstić information content (AvgIpc) is 2.89. The first kappa shape index (κ1) is 11.7. The second-order valence-corrected chi connectivity index (χ2v) is 3.74. The average molecular weight is 232 g/mol. The zero-order valence-electron chi connectivity index (χ0n) is 9.72. The second kappa shape index (κ2) is 5.52. The molecule has 0 aliphatic carbocycles. The Balaban J connectivity index is 2.22. The van der Waals surface area contributed by atoms with Gasteiger partial charge in [0.15, 0.2) is 0 Å². The second-order valence-electron chi connectivity index (χ2n) is 3.74. The molecule has 0 bridgehead atoms. The molecule has 1 aromatic heterocycles. The van der Waals surface area contributed by atoms with E-state index in [2.05, 4.69) is 5.43 Å². The Morgan fingerprint density at radius 3 is 2.76 bits per heavy atom. The highest BCUT2D eigenvalue weighted by Crippen LogP contribution is 2.26. The summed E-state index contributed by atoms with van der Waals surface area (Å²) in [7, 11) is 1.65. The van der Waals surface area contributed by atoms with Gasteiger partial charge in [-0.15, -0.1) is 0 Å². The highest BCUT2D eigenvalue weighted by atomic mass is 16.5.